The summed E-state index contributed by atoms with van der Waals surface area (Å²) in [5, 5.41) is 3.38. The molecular formula is C17H28N2O. The van der Waals surface area contributed by atoms with E-state index in [1.54, 1.807) is 0 Å². The van der Waals surface area contributed by atoms with Crippen LogP contribution in [0.2, 0.25) is 0 Å². The third kappa shape index (κ3) is 4.22. The largest absolute Gasteiger partial charge is 0.372 e. The lowest BCUT2D eigenvalue weighted by molar-refractivity contribution is 0.0498. The molecule has 0 radical (unpaired) electrons. The molecule has 1 aliphatic heterocycles. The van der Waals surface area contributed by atoms with Crippen LogP contribution >= 0.6 is 0 Å². The maximum absolute atomic E-state index is 6.14. The summed E-state index contributed by atoms with van der Waals surface area (Å²) in [6, 6.07) is 8.79. The fourth-order valence-electron chi connectivity index (χ4n) is 2.79. The number of ether oxygens (including phenoxy) is 1. The maximum Gasteiger partial charge on any atom is 0.0755 e. The van der Waals surface area contributed by atoms with E-state index in [9.17, 15) is 0 Å². The molecule has 1 aromatic rings. The Morgan fingerprint density at radius 3 is 2.50 bits per heavy atom. The summed E-state index contributed by atoms with van der Waals surface area (Å²) < 4.78 is 6.14. The zero-order valence-electron chi connectivity index (χ0n) is 13.1. The summed E-state index contributed by atoms with van der Waals surface area (Å²) in [4.78, 5) is 2.42. The van der Waals surface area contributed by atoms with Crippen molar-refractivity contribution < 1.29 is 4.74 Å². The van der Waals surface area contributed by atoms with Gasteiger partial charge >= 0.3 is 0 Å². The second-order valence-electron chi connectivity index (χ2n) is 5.64. The topological polar surface area (TPSA) is 24.5 Å². The molecule has 1 aromatic carbocycles. The fraction of sp³-hybridized carbons (Fsp3) is 0.647. The maximum atomic E-state index is 6.14. The molecule has 0 aliphatic carbocycles. The van der Waals surface area contributed by atoms with Gasteiger partial charge in [0.2, 0.25) is 0 Å². The van der Waals surface area contributed by atoms with Crippen molar-refractivity contribution in [3.8, 4) is 0 Å². The van der Waals surface area contributed by atoms with Crippen LogP contribution in [0.15, 0.2) is 24.3 Å². The molecule has 20 heavy (non-hydrogen) atoms. The van der Waals surface area contributed by atoms with Gasteiger partial charge in [-0.15, -0.1) is 0 Å². The lowest BCUT2D eigenvalue weighted by Crippen LogP contribution is -2.34. The monoisotopic (exact) mass is 276 g/mol. The van der Waals surface area contributed by atoms with E-state index in [2.05, 4.69) is 55.3 Å². The summed E-state index contributed by atoms with van der Waals surface area (Å²) in [5.74, 6) is 0. The first-order valence-electron chi connectivity index (χ1n) is 7.90. The summed E-state index contributed by atoms with van der Waals surface area (Å²) in [7, 11) is 0. The normalized spacial score (nSPS) is 22.1. The Morgan fingerprint density at radius 1 is 1.15 bits per heavy atom. The average molecular weight is 276 g/mol. The Balaban J connectivity index is 1.86. The van der Waals surface area contributed by atoms with Crippen molar-refractivity contribution >= 4 is 5.69 Å². The first-order valence-corrected chi connectivity index (χ1v) is 7.90. The molecule has 3 nitrogen and oxygen atoms in total. The second-order valence-corrected chi connectivity index (χ2v) is 5.64. The van der Waals surface area contributed by atoms with Crippen molar-refractivity contribution in [3.63, 3.8) is 0 Å². The third-order valence-electron chi connectivity index (χ3n) is 4.02. The zero-order chi connectivity index (χ0) is 14.4. The van der Waals surface area contributed by atoms with Gasteiger partial charge < -0.3 is 15.0 Å². The molecule has 2 unspecified atom stereocenters. The molecule has 0 saturated carbocycles. The van der Waals surface area contributed by atoms with Gasteiger partial charge in [-0.3, -0.25) is 0 Å². The summed E-state index contributed by atoms with van der Waals surface area (Å²) in [6.45, 7) is 10.5. The van der Waals surface area contributed by atoms with Gasteiger partial charge in [0.15, 0.2) is 0 Å². The van der Waals surface area contributed by atoms with Gasteiger partial charge in [-0.1, -0.05) is 24.6 Å². The number of benzene rings is 1. The third-order valence-corrected chi connectivity index (χ3v) is 4.02. The molecule has 0 spiro atoms. The van der Waals surface area contributed by atoms with E-state index >= 15 is 0 Å². The summed E-state index contributed by atoms with van der Waals surface area (Å²) in [5.41, 5.74) is 2.62. The van der Waals surface area contributed by atoms with Gasteiger partial charge in [-0.25, -0.2) is 0 Å². The first-order chi connectivity index (χ1) is 9.72. The number of rotatable bonds is 7. The van der Waals surface area contributed by atoms with E-state index in [4.69, 9.17) is 4.74 Å². The van der Waals surface area contributed by atoms with Crippen LogP contribution < -0.4 is 10.2 Å². The van der Waals surface area contributed by atoms with Crippen LogP contribution in [0.4, 0.5) is 5.69 Å². The van der Waals surface area contributed by atoms with Gasteiger partial charge in [-0.05, 0) is 45.4 Å². The van der Waals surface area contributed by atoms with Crippen LogP contribution in [-0.4, -0.2) is 38.4 Å². The van der Waals surface area contributed by atoms with E-state index in [0.717, 1.165) is 26.2 Å². The van der Waals surface area contributed by atoms with Crippen LogP contribution in [0.1, 0.15) is 32.3 Å². The number of nitrogens with one attached hydrogen (secondary N) is 1. The van der Waals surface area contributed by atoms with Gasteiger partial charge in [0.25, 0.3) is 0 Å². The molecule has 1 aliphatic rings. The minimum Gasteiger partial charge on any atom is -0.372 e. The summed E-state index contributed by atoms with van der Waals surface area (Å²) in [6.07, 6.45) is 3.14. The first kappa shape index (κ1) is 15.3. The number of hydrogen-bond donors (Lipinski definition) is 1. The van der Waals surface area contributed by atoms with Gasteiger partial charge in [0.05, 0.1) is 12.2 Å². The van der Waals surface area contributed by atoms with E-state index in [0.29, 0.717) is 12.2 Å². The van der Waals surface area contributed by atoms with Crippen LogP contribution in [0.5, 0.6) is 0 Å². The van der Waals surface area contributed by atoms with E-state index in [-0.39, 0.29) is 0 Å². The zero-order valence-corrected chi connectivity index (χ0v) is 13.1. The fourth-order valence-corrected chi connectivity index (χ4v) is 2.79. The van der Waals surface area contributed by atoms with Gasteiger partial charge in [-0.2, -0.15) is 0 Å². The van der Waals surface area contributed by atoms with Crippen molar-refractivity contribution in [3.05, 3.63) is 29.8 Å². The van der Waals surface area contributed by atoms with Crippen molar-refractivity contribution in [2.75, 3.05) is 31.1 Å². The average Bonchev–Trinajstić information content (AvgIpc) is 2.91. The Bertz CT molecular complexity index is 390. The minimum absolute atomic E-state index is 0.375. The highest BCUT2D eigenvalue weighted by Crippen LogP contribution is 2.23. The highest BCUT2D eigenvalue weighted by Gasteiger charge is 2.26. The van der Waals surface area contributed by atoms with Gasteiger partial charge in [0, 0.05) is 25.3 Å². The van der Waals surface area contributed by atoms with E-state index in [1.807, 2.05) is 0 Å². The molecule has 3 heteroatoms. The molecule has 0 amide bonds. The number of hydrogen-bond acceptors (Lipinski definition) is 3. The molecule has 1 saturated heterocycles. The molecular weight excluding hydrogens is 248 g/mol. The quantitative estimate of drug-likeness (QED) is 0.828. The van der Waals surface area contributed by atoms with Crippen molar-refractivity contribution in [2.24, 2.45) is 0 Å². The molecule has 2 atom stereocenters. The van der Waals surface area contributed by atoms with Crippen LogP contribution in [0, 0.1) is 6.92 Å². The Hall–Kier alpha value is -1.06. The molecule has 1 heterocycles. The number of likely N-dealkylation sites (N-methyl/N-ethyl adjacent to an activating group) is 2. The van der Waals surface area contributed by atoms with Gasteiger partial charge in [0.1, 0.15) is 0 Å². The van der Waals surface area contributed by atoms with Crippen LogP contribution in [-0.2, 0) is 4.74 Å². The Labute approximate surface area is 123 Å². The molecule has 2 rings (SSSR count). The molecule has 112 valence electrons. The smallest absolute Gasteiger partial charge is 0.0755 e. The predicted octanol–water partition coefficient (Wildman–Crippen LogP) is 2.98. The second kappa shape index (κ2) is 7.65. The van der Waals surface area contributed by atoms with E-state index in [1.165, 1.54) is 24.1 Å². The van der Waals surface area contributed by atoms with Crippen LogP contribution in [0.25, 0.3) is 0 Å². The van der Waals surface area contributed by atoms with Crippen LogP contribution in [0.3, 0.4) is 0 Å². The molecule has 1 N–H and O–H groups in total. The van der Waals surface area contributed by atoms with Crippen molar-refractivity contribution in [2.45, 2.75) is 45.8 Å². The highest BCUT2D eigenvalue weighted by atomic mass is 16.5. The lowest BCUT2D eigenvalue weighted by atomic mass is 10.1. The molecule has 0 bridgehead atoms. The Morgan fingerprint density at radius 2 is 1.85 bits per heavy atom. The number of aryl methyl sites for hydroxylation is 1. The molecule has 1 fully saturated rings. The highest BCUT2D eigenvalue weighted by molar-refractivity contribution is 5.47. The van der Waals surface area contributed by atoms with Crippen molar-refractivity contribution in [1.29, 1.82) is 0 Å². The predicted molar refractivity (Wildman–Crippen MR) is 85.5 cm³/mol. The number of anilines is 1. The van der Waals surface area contributed by atoms with E-state index < -0.39 is 0 Å². The molecule has 0 aromatic heterocycles. The Kier molecular flexibility index (Phi) is 5.86. The standard InChI is InChI=1S/C17H28N2O/c1-4-18-12-16-10-11-17(20-16)13-19(5-2)15-8-6-14(3)7-9-15/h6-9,16-18H,4-5,10-13H2,1-3H3. The SMILES string of the molecule is CCNCC1CCC(CN(CC)c2ccc(C)cc2)O1. The number of nitrogens with zero attached hydrogens (tertiary/aromatic N) is 1. The lowest BCUT2D eigenvalue weighted by Gasteiger charge is -2.26. The summed E-state index contributed by atoms with van der Waals surface area (Å²) >= 11 is 0. The minimum atomic E-state index is 0.375. The van der Waals surface area contributed by atoms with Crippen molar-refractivity contribution in [1.82, 2.24) is 5.32 Å².